The second kappa shape index (κ2) is 21.7. The topological polar surface area (TPSA) is 12.0 Å². The fourth-order valence-electron chi connectivity index (χ4n) is 2.90. The van der Waals surface area contributed by atoms with E-state index in [1.54, 1.807) is 0 Å². The first kappa shape index (κ1) is 27.5. The van der Waals surface area contributed by atoms with E-state index < -0.39 is 0 Å². The maximum Gasteiger partial charge on any atom is 0.00953 e. The molecule has 23 heavy (non-hydrogen) atoms. The Morgan fingerprint density at radius 2 is 1.39 bits per heavy atom. The van der Waals surface area contributed by atoms with Crippen LogP contribution in [-0.4, -0.2) is 12.6 Å². The summed E-state index contributed by atoms with van der Waals surface area (Å²) in [6.45, 7) is 25.3. The minimum Gasteiger partial charge on any atom is -0.314 e. The van der Waals surface area contributed by atoms with Crippen LogP contribution in [0.3, 0.4) is 0 Å². The zero-order chi connectivity index (χ0) is 18.7. The van der Waals surface area contributed by atoms with Crippen molar-refractivity contribution in [2.45, 2.75) is 106 Å². The van der Waals surface area contributed by atoms with Crippen molar-refractivity contribution in [1.29, 1.82) is 0 Å². The van der Waals surface area contributed by atoms with Crippen LogP contribution in [0.5, 0.6) is 0 Å². The highest BCUT2D eigenvalue weighted by Gasteiger charge is 2.20. The normalized spacial score (nSPS) is 14.1. The van der Waals surface area contributed by atoms with Crippen LogP contribution in [0, 0.1) is 17.8 Å². The largest absolute Gasteiger partial charge is 0.314 e. The molecule has 3 atom stereocenters. The van der Waals surface area contributed by atoms with Gasteiger partial charge in [0.15, 0.2) is 0 Å². The van der Waals surface area contributed by atoms with Crippen molar-refractivity contribution in [2.75, 3.05) is 6.54 Å². The summed E-state index contributed by atoms with van der Waals surface area (Å²) in [7, 11) is 0. The maximum absolute atomic E-state index is 3.82. The van der Waals surface area contributed by atoms with Gasteiger partial charge in [-0.2, -0.15) is 0 Å². The summed E-state index contributed by atoms with van der Waals surface area (Å²) >= 11 is 0. The average Bonchev–Trinajstić information content (AvgIpc) is 2.58. The Bertz CT molecular complexity index is 200. The Labute approximate surface area is 149 Å². The van der Waals surface area contributed by atoms with E-state index in [4.69, 9.17) is 0 Å². The molecule has 142 valence electrons. The molecule has 2 unspecified atom stereocenters. The van der Waals surface area contributed by atoms with Crippen LogP contribution in [-0.2, 0) is 0 Å². The minimum absolute atomic E-state index is 0.732. The van der Waals surface area contributed by atoms with E-state index in [0.717, 1.165) is 23.8 Å². The van der Waals surface area contributed by atoms with E-state index in [2.05, 4.69) is 60.0 Å². The Kier molecular flexibility index (Phi) is 26.0. The lowest BCUT2D eigenvalue weighted by Gasteiger charge is -2.29. The predicted molar refractivity (Wildman–Crippen MR) is 111 cm³/mol. The van der Waals surface area contributed by atoms with Gasteiger partial charge in [0, 0.05) is 6.04 Å². The van der Waals surface area contributed by atoms with Crippen molar-refractivity contribution in [3.63, 3.8) is 0 Å². The molecule has 0 aliphatic carbocycles. The van der Waals surface area contributed by atoms with Crippen LogP contribution in [0.2, 0.25) is 0 Å². The molecule has 0 aliphatic heterocycles. The summed E-state index contributed by atoms with van der Waals surface area (Å²) in [5.74, 6) is 2.58. The third kappa shape index (κ3) is 17.9. The summed E-state index contributed by atoms with van der Waals surface area (Å²) in [5.41, 5.74) is 0. The standard InChI is InChI=1S/C18H39N.C2H6.C2H4/c1-7-10-17(9-3)14-18(19-13-8-2)16(6)12-11-15(4)5;2*1-2/h15-19H,7-14H2,1-6H3;1-2H3;1-2H2/t16?,17?,18-;;/m0../s1. The first-order valence-corrected chi connectivity index (χ1v) is 10.3. The molecular weight excluding hydrogens is 278 g/mol. The van der Waals surface area contributed by atoms with E-state index in [0.29, 0.717) is 0 Å². The highest BCUT2D eigenvalue weighted by atomic mass is 14.9. The third-order valence-corrected chi connectivity index (χ3v) is 4.40. The van der Waals surface area contributed by atoms with Gasteiger partial charge in [-0.3, -0.25) is 0 Å². The molecule has 0 aliphatic rings. The van der Waals surface area contributed by atoms with Crippen molar-refractivity contribution in [3.05, 3.63) is 13.2 Å². The van der Waals surface area contributed by atoms with Gasteiger partial charge >= 0.3 is 0 Å². The van der Waals surface area contributed by atoms with Gasteiger partial charge in [0.1, 0.15) is 0 Å². The smallest absolute Gasteiger partial charge is 0.00953 e. The van der Waals surface area contributed by atoms with E-state index in [1.165, 1.54) is 51.5 Å². The monoisotopic (exact) mass is 327 g/mol. The van der Waals surface area contributed by atoms with Crippen molar-refractivity contribution >= 4 is 0 Å². The van der Waals surface area contributed by atoms with Gasteiger partial charge in [-0.1, -0.05) is 81.1 Å². The van der Waals surface area contributed by atoms with Gasteiger partial charge in [0.2, 0.25) is 0 Å². The molecule has 0 aromatic rings. The second-order valence-electron chi connectivity index (χ2n) is 6.81. The SMILES string of the molecule is C=C.CC.CCCN[C@@H](CC(CC)CCC)C(C)CCC(C)C. The van der Waals surface area contributed by atoms with Gasteiger partial charge < -0.3 is 5.32 Å². The third-order valence-electron chi connectivity index (χ3n) is 4.40. The van der Waals surface area contributed by atoms with E-state index >= 15 is 0 Å². The Hall–Kier alpha value is -0.300. The molecule has 1 nitrogen and oxygen atoms in total. The zero-order valence-electron chi connectivity index (χ0n) is 17.9. The van der Waals surface area contributed by atoms with Gasteiger partial charge in [-0.25, -0.2) is 0 Å². The van der Waals surface area contributed by atoms with E-state index in [9.17, 15) is 0 Å². The molecule has 0 aromatic heterocycles. The van der Waals surface area contributed by atoms with Gasteiger partial charge in [0.05, 0.1) is 0 Å². The Morgan fingerprint density at radius 1 is 0.826 bits per heavy atom. The molecule has 1 heteroatoms. The van der Waals surface area contributed by atoms with Gasteiger partial charge in [0.25, 0.3) is 0 Å². The predicted octanol–water partition coefficient (Wildman–Crippen LogP) is 7.47. The van der Waals surface area contributed by atoms with Crippen molar-refractivity contribution in [1.82, 2.24) is 5.32 Å². The van der Waals surface area contributed by atoms with Crippen molar-refractivity contribution in [2.24, 2.45) is 17.8 Å². The molecule has 0 amide bonds. The summed E-state index contributed by atoms with van der Waals surface area (Å²) in [5, 5.41) is 3.82. The fraction of sp³-hybridized carbons (Fsp3) is 0.909. The highest BCUT2D eigenvalue weighted by Crippen LogP contribution is 2.24. The van der Waals surface area contributed by atoms with Crippen LogP contribution in [0.4, 0.5) is 0 Å². The second-order valence-corrected chi connectivity index (χ2v) is 6.81. The molecule has 0 bridgehead atoms. The van der Waals surface area contributed by atoms with E-state index in [1.807, 2.05) is 13.8 Å². The van der Waals surface area contributed by atoms with Crippen molar-refractivity contribution in [3.8, 4) is 0 Å². The van der Waals surface area contributed by atoms with Crippen LogP contribution in [0.1, 0.15) is 100 Å². The Morgan fingerprint density at radius 3 is 1.78 bits per heavy atom. The zero-order valence-corrected chi connectivity index (χ0v) is 17.9. The summed E-state index contributed by atoms with van der Waals surface area (Å²) in [6.07, 6.45) is 9.45. The first-order chi connectivity index (χ1) is 11.0. The molecule has 0 rings (SSSR count). The molecular formula is C22H49N. The molecule has 0 fully saturated rings. The molecule has 0 saturated carbocycles. The molecule has 0 spiro atoms. The molecule has 0 aromatic carbocycles. The lowest BCUT2D eigenvalue weighted by atomic mass is 9.84. The summed E-state index contributed by atoms with van der Waals surface area (Å²) in [6, 6.07) is 0.732. The number of rotatable bonds is 12. The fourth-order valence-corrected chi connectivity index (χ4v) is 2.90. The van der Waals surface area contributed by atoms with Crippen LogP contribution >= 0.6 is 0 Å². The Balaban J connectivity index is -0.000000919. The average molecular weight is 328 g/mol. The summed E-state index contributed by atoms with van der Waals surface area (Å²) in [4.78, 5) is 0. The molecule has 1 N–H and O–H groups in total. The van der Waals surface area contributed by atoms with Gasteiger partial charge in [-0.05, 0) is 43.6 Å². The number of hydrogen-bond acceptors (Lipinski definition) is 1. The van der Waals surface area contributed by atoms with Gasteiger partial charge in [-0.15, -0.1) is 13.2 Å². The maximum atomic E-state index is 3.82. The highest BCUT2D eigenvalue weighted by molar-refractivity contribution is 4.77. The summed E-state index contributed by atoms with van der Waals surface area (Å²) < 4.78 is 0. The van der Waals surface area contributed by atoms with Crippen LogP contribution in [0.25, 0.3) is 0 Å². The number of hydrogen-bond donors (Lipinski definition) is 1. The molecule has 0 radical (unpaired) electrons. The van der Waals surface area contributed by atoms with Crippen molar-refractivity contribution < 1.29 is 0 Å². The number of nitrogens with one attached hydrogen (secondary N) is 1. The minimum atomic E-state index is 0.732. The first-order valence-electron chi connectivity index (χ1n) is 10.3. The van der Waals surface area contributed by atoms with Crippen LogP contribution < -0.4 is 5.32 Å². The lowest BCUT2D eigenvalue weighted by Crippen LogP contribution is -2.37. The van der Waals surface area contributed by atoms with E-state index in [-0.39, 0.29) is 0 Å². The molecule has 0 saturated heterocycles. The molecule has 0 heterocycles. The van der Waals surface area contributed by atoms with Crippen LogP contribution in [0.15, 0.2) is 13.2 Å². The quantitative estimate of drug-likeness (QED) is 0.366. The lowest BCUT2D eigenvalue weighted by molar-refractivity contribution is 0.270.